The Bertz CT molecular complexity index is 830. The fraction of sp³-hybridized carbons (Fsp3) is 0.520. The van der Waals surface area contributed by atoms with E-state index in [1.165, 1.54) is 5.56 Å². The van der Waals surface area contributed by atoms with Gasteiger partial charge in [-0.1, -0.05) is 62.2 Å². The SMILES string of the molecule is CCCCN(Cc1cccn1Cc1ccc(Br)cc1)C(=O)CN(CC(C)C)C(=O)CC. The number of rotatable bonds is 12. The molecule has 0 aliphatic carbocycles. The third-order valence-corrected chi connectivity index (χ3v) is 5.77. The fourth-order valence-electron chi connectivity index (χ4n) is 3.55. The molecule has 0 bridgehead atoms. The van der Waals surface area contributed by atoms with Crippen LogP contribution >= 0.6 is 15.9 Å². The van der Waals surface area contributed by atoms with Gasteiger partial charge >= 0.3 is 0 Å². The van der Waals surface area contributed by atoms with E-state index in [-0.39, 0.29) is 18.4 Å². The van der Waals surface area contributed by atoms with Crippen LogP contribution in [0.3, 0.4) is 0 Å². The quantitative estimate of drug-likeness (QED) is 0.404. The monoisotopic (exact) mass is 489 g/mol. The number of nitrogens with zero attached hydrogens (tertiary/aromatic N) is 3. The van der Waals surface area contributed by atoms with Gasteiger partial charge in [-0.25, -0.2) is 0 Å². The Balaban J connectivity index is 2.13. The molecule has 0 N–H and O–H groups in total. The summed E-state index contributed by atoms with van der Waals surface area (Å²) in [5.74, 6) is 0.388. The lowest BCUT2D eigenvalue weighted by Crippen LogP contribution is -2.44. The summed E-state index contributed by atoms with van der Waals surface area (Å²) in [7, 11) is 0. The van der Waals surface area contributed by atoms with Gasteiger partial charge in [0.1, 0.15) is 0 Å². The minimum Gasteiger partial charge on any atom is -0.345 e. The Hall–Kier alpha value is -2.08. The number of amides is 2. The van der Waals surface area contributed by atoms with Gasteiger partial charge < -0.3 is 14.4 Å². The molecular weight excluding hydrogens is 454 g/mol. The van der Waals surface area contributed by atoms with Gasteiger partial charge in [0.25, 0.3) is 0 Å². The average molecular weight is 490 g/mol. The zero-order chi connectivity index (χ0) is 22.8. The second kappa shape index (κ2) is 12.7. The van der Waals surface area contributed by atoms with E-state index in [1.807, 2.05) is 30.0 Å². The lowest BCUT2D eigenvalue weighted by Gasteiger charge is -2.29. The Labute approximate surface area is 195 Å². The van der Waals surface area contributed by atoms with Crippen LogP contribution in [0, 0.1) is 5.92 Å². The van der Waals surface area contributed by atoms with Crippen molar-refractivity contribution in [3.8, 4) is 0 Å². The van der Waals surface area contributed by atoms with Crippen LogP contribution in [0.2, 0.25) is 0 Å². The number of benzene rings is 1. The second-order valence-electron chi connectivity index (χ2n) is 8.44. The number of unbranched alkanes of at least 4 members (excludes halogenated alkanes) is 1. The zero-order valence-electron chi connectivity index (χ0n) is 19.3. The number of hydrogen-bond acceptors (Lipinski definition) is 2. The molecule has 170 valence electrons. The Kier molecular flexibility index (Phi) is 10.3. The Morgan fingerprint density at radius 1 is 1.03 bits per heavy atom. The highest BCUT2D eigenvalue weighted by Gasteiger charge is 2.22. The van der Waals surface area contributed by atoms with Crippen LogP contribution in [-0.2, 0) is 22.7 Å². The van der Waals surface area contributed by atoms with Gasteiger partial charge in [-0.2, -0.15) is 0 Å². The van der Waals surface area contributed by atoms with E-state index < -0.39 is 0 Å². The lowest BCUT2D eigenvalue weighted by molar-refractivity contribution is -0.141. The first-order valence-electron chi connectivity index (χ1n) is 11.3. The third-order valence-electron chi connectivity index (χ3n) is 5.24. The first-order valence-corrected chi connectivity index (χ1v) is 12.1. The molecule has 2 rings (SSSR count). The van der Waals surface area contributed by atoms with Gasteiger partial charge in [0.05, 0.1) is 13.1 Å². The third kappa shape index (κ3) is 8.17. The first-order chi connectivity index (χ1) is 14.8. The summed E-state index contributed by atoms with van der Waals surface area (Å²) in [6.07, 6.45) is 4.45. The predicted octanol–water partition coefficient (Wildman–Crippen LogP) is 5.32. The first kappa shape index (κ1) is 25.2. The van der Waals surface area contributed by atoms with Crippen molar-refractivity contribution in [1.82, 2.24) is 14.4 Å². The highest BCUT2D eigenvalue weighted by molar-refractivity contribution is 9.10. The summed E-state index contributed by atoms with van der Waals surface area (Å²) in [5.41, 5.74) is 2.31. The Morgan fingerprint density at radius 3 is 2.35 bits per heavy atom. The van der Waals surface area contributed by atoms with Crippen LogP contribution in [0.15, 0.2) is 47.1 Å². The van der Waals surface area contributed by atoms with Gasteiger partial charge in [-0.05, 0) is 42.2 Å². The molecule has 31 heavy (non-hydrogen) atoms. The molecule has 2 aromatic rings. The molecule has 0 unspecified atom stereocenters. The fourth-order valence-corrected chi connectivity index (χ4v) is 3.82. The minimum absolute atomic E-state index is 0.0206. The molecular formula is C25H36BrN3O2. The summed E-state index contributed by atoms with van der Waals surface area (Å²) < 4.78 is 3.26. The van der Waals surface area contributed by atoms with Crippen molar-refractivity contribution in [3.05, 3.63) is 58.3 Å². The van der Waals surface area contributed by atoms with Gasteiger partial charge in [0.2, 0.25) is 11.8 Å². The number of carbonyl (C=O) groups excluding carboxylic acids is 2. The van der Waals surface area contributed by atoms with Crippen molar-refractivity contribution >= 4 is 27.7 Å². The average Bonchev–Trinajstić information content (AvgIpc) is 3.17. The van der Waals surface area contributed by atoms with Crippen LogP contribution in [0.5, 0.6) is 0 Å². The number of halogens is 1. The van der Waals surface area contributed by atoms with E-state index in [4.69, 9.17) is 0 Å². The molecule has 0 aliphatic heterocycles. The van der Waals surface area contributed by atoms with Crippen molar-refractivity contribution in [3.63, 3.8) is 0 Å². The van der Waals surface area contributed by atoms with E-state index >= 15 is 0 Å². The minimum atomic E-state index is 0.0206. The molecule has 5 nitrogen and oxygen atoms in total. The molecule has 0 saturated carbocycles. The molecule has 0 atom stereocenters. The number of aromatic nitrogens is 1. The van der Waals surface area contributed by atoms with E-state index in [0.29, 0.717) is 32.0 Å². The van der Waals surface area contributed by atoms with Crippen molar-refractivity contribution in [2.75, 3.05) is 19.6 Å². The molecule has 0 aliphatic rings. The highest BCUT2D eigenvalue weighted by Crippen LogP contribution is 2.15. The molecule has 0 radical (unpaired) electrons. The maximum atomic E-state index is 13.2. The summed E-state index contributed by atoms with van der Waals surface area (Å²) in [4.78, 5) is 29.2. The van der Waals surface area contributed by atoms with E-state index in [2.05, 4.69) is 65.7 Å². The largest absolute Gasteiger partial charge is 0.345 e. The van der Waals surface area contributed by atoms with Crippen LogP contribution in [-0.4, -0.2) is 45.8 Å². The maximum Gasteiger partial charge on any atom is 0.242 e. The van der Waals surface area contributed by atoms with Gasteiger partial charge in [0, 0.05) is 42.4 Å². The lowest BCUT2D eigenvalue weighted by atomic mass is 10.2. The Morgan fingerprint density at radius 2 is 1.74 bits per heavy atom. The normalized spacial score (nSPS) is 11.0. The van der Waals surface area contributed by atoms with Crippen LogP contribution in [0.1, 0.15) is 58.2 Å². The molecule has 0 fully saturated rings. The standard InChI is InChI=1S/C25H36BrN3O2/c1-5-7-14-28(25(31)19-29(16-20(3)4)24(30)6-2)18-23-9-8-15-27(23)17-21-10-12-22(26)13-11-21/h8-13,15,20H,5-7,14,16-19H2,1-4H3. The maximum absolute atomic E-state index is 13.2. The molecule has 0 saturated heterocycles. The van der Waals surface area contributed by atoms with Crippen molar-refractivity contribution < 1.29 is 9.59 Å². The summed E-state index contributed by atoms with van der Waals surface area (Å²) in [6.45, 7) is 10.9. The molecule has 1 aromatic heterocycles. The summed E-state index contributed by atoms with van der Waals surface area (Å²) in [6, 6.07) is 12.4. The number of carbonyl (C=O) groups is 2. The molecule has 6 heteroatoms. The molecule has 1 aromatic carbocycles. The van der Waals surface area contributed by atoms with Crippen molar-refractivity contribution in [1.29, 1.82) is 0 Å². The van der Waals surface area contributed by atoms with Gasteiger partial charge in [-0.3, -0.25) is 9.59 Å². The number of hydrogen-bond donors (Lipinski definition) is 0. The zero-order valence-corrected chi connectivity index (χ0v) is 20.9. The molecule has 0 spiro atoms. The van der Waals surface area contributed by atoms with Gasteiger partial charge in [-0.15, -0.1) is 0 Å². The van der Waals surface area contributed by atoms with E-state index in [9.17, 15) is 9.59 Å². The van der Waals surface area contributed by atoms with E-state index in [1.54, 1.807) is 4.90 Å². The van der Waals surface area contributed by atoms with Crippen molar-refractivity contribution in [2.45, 2.75) is 60.0 Å². The van der Waals surface area contributed by atoms with E-state index in [0.717, 1.165) is 29.6 Å². The molecule has 2 amide bonds. The van der Waals surface area contributed by atoms with Crippen molar-refractivity contribution in [2.24, 2.45) is 5.92 Å². The summed E-state index contributed by atoms with van der Waals surface area (Å²) >= 11 is 3.48. The highest BCUT2D eigenvalue weighted by atomic mass is 79.9. The van der Waals surface area contributed by atoms with Gasteiger partial charge in [0.15, 0.2) is 0 Å². The topological polar surface area (TPSA) is 45.6 Å². The van der Waals surface area contributed by atoms with Crippen LogP contribution < -0.4 is 0 Å². The van der Waals surface area contributed by atoms with Crippen LogP contribution in [0.4, 0.5) is 0 Å². The summed E-state index contributed by atoms with van der Waals surface area (Å²) in [5, 5.41) is 0. The predicted molar refractivity (Wildman–Crippen MR) is 130 cm³/mol. The van der Waals surface area contributed by atoms with Crippen LogP contribution in [0.25, 0.3) is 0 Å². The second-order valence-corrected chi connectivity index (χ2v) is 9.36. The smallest absolute Gasteiger partial charge is 0.242 e. The molecule has 1 heterocycles.